The maximum Gasteiger partial charge on any atom is 0.0713 e. The molecule has 0 bridgehead atoms. The van der Waals surface area contributed by atoms with Gasteiger partial charge in [-0.3, -0.25) is 4.90 Å². The van der Waals surface area contributed by atoms with Crippen molar-refractivity contribution >= 4 is 0 Å². The van der Waals surface area contributed by atoms with Crippen LogP contribution >= 0.6 is 0 Å². The minimum Gasteiger partial charge on any atom is -0.380 e. The Bertz CT molecular complexity index is 341. The molecule has 0 aliphatic heterocycles. The molecule has 1 unspecified atom stereocenters. The third-order valence-electron chi connectivity index (χ3n) is 3.22. The summed E-state index contributed by atoms with van der Waals surface area (Å²) in [5.41, 5.74) is 8.32. The van der Waals surface area contributed by atoms with Crippen molar-refractivity contribution in [2.45, 2.75) is 19.6 Å². The second kappa shape index (κ2) is 9.04. The van der Waals surface area contributed by atoms with Crippen LogP contribution < -0.4 is 5.73 Å². The quantitative estimate of drug-likeness (QED) is 0.692. The summed E-state index contributed by atoms with van der Waals surface area (Å²) in [5.74, 6) is 0. The fourth-order valence-electron chi connectivity index (χ4n) is 2.08. The van der Waals surface area contributed by atoms with Crippen molar-refractivity contribution in [1.29, 1.82) is 0 Å². The second-order valence-corrected chi connectivity index (χ2v) is 4.60. The summed E-state index contributed by atoms with van der Waals surface area (Å²) in [6.45, 7) is 5.64. The molecule has 0 spiro atoms. The van der Waals surface area contributed by atoms with Gasteiger partial charge < -0.3 is 15.2 Å². The zero-order chi connectivity index (χ0) is 14.1. The molecule has 0 saturated heterocycles. The molecule has 0 fully saturated rings. The SMILES string of the molecule is CCOCCN(C)C(CN)c1ccc(COC)cc1. The van der Waals surface area contributed by atoms with E-state index in [2.05, 4.69) is 36.2 Å². The van der Waals surface area contributed by atoms with Crippen LogP contribution in [-0.4, -0.2) is 45.4 Å². The standard InChI is InChI=1S/C15H26N2O2/c1-4-19-10-9-17(2)15(11-16)14-7-5-13(6-8-14)12-18-3/h5-8,15H,4,9-12,16H2,1-3H3. The Morgan fingerprint density at radius 3 is 2.47 bits per heavy atom. The molecule has 4 heteroatoms. The van der Waals surface area contributed by atoms with Gasteiger partial charge in [0.05, 0.1) is 13.2 Å². The van der Waals surface area contributed by atoms with E-state index in [1.54, 1.807) is 7.11 Å². The monoisotopic (exact) mass is 266 g/mol. The van der Waals surface area contributed by atoms with Crippen LogP contribution in [0, 0.1) is 0 Å². The van der Waals surface area contributed by atoms with Crippen LogP contribution in [0.1, 0.15) is 24.1 Å². The van der Waals surface area contributed by atoms with Gasteiger partial charge in [-0.25, -0.2) is 0 Å². The molecule has 108 valence electrons. The first-order valence-corrected chi connectivity index (χ1v) is 6.78. The minimum atomic E-state index is 0.233. The number of nitrogens with two attached hydrogens (primary N) is 1. The number of hydrogen-bond donors (Lipinski definition) is 1. The lowest BCUT2D eigenvalue weighted by Crippen LogP contribution is -2.33. The topological polar surface area (TPSA) is 47.7 Å². The van der Waals surface area contributed by atoms with Crippen molar-refractivity contribution in [1.82, 2.24) is 4.90 Å². The molecular weight excluding hydrogens is 240 g/mol. The average molecular weight is 266 g/mol. The largest absolute Gasteiger partial charge is 0.380 e. The predicted molar refractivity (Wildman–Crippen MR) is 78.1 cm³/mol. The number of methoxy groups -OCH3 is 1. The van der Waals surface area contributed by atoms with Crippen molar-refractivity contribution in [3.8, 4) is 0 Å². The lowest BCUT2D eigenvalue weighted by molar-refractivity contribution is 0.108. The summed E-state index contributed by atoms with van der Waals surface area (Å²) in [5, 5.41) is 0. The highest BCUT2D eigenvalue weighted by atomic mass is 16.5. The smallest absolute Gasteiger partial charge is 0.0713 e. The molecule has 0 aromatic heterocycles. The first-order valence-electron chi connectivity index (χ1n) is 6.78. The molecular formula is C15H26N2O2. The number of hydrogen-bond acceptors (Lipinski definition) is 4. The van der Waals surface area contributed by atoms with E-state index in [1.165, 1.54) is 11.1 Å². The highest BCUT2D eigenvalue weighted by molar-refractivity contribution is 5.25. The Hall–Kier alpha value is -0.940. The fourth-order valence-corrected chi connectivity index (χ4v) is 2.08. The zero-order valence-corrected chi connectivity index (χ0v) is 12.3. The summed E-state index contributed by atoms with van der Waals surface area (Å²) in [6, 6.07) is 8.68. The molecule has 1 aromatic carbocycles. The maximum atomic E-state index is 5.90. The molecule has 0 amide bonds. The minimum absolute atomic E-state index is 0.233. The van der Waals surface area contributed by atoms with E-state index >= 15 is 0 Å². The van der Waals surface area contributed by atoms with Crippen LogP contribution in [0.25, 0.3) is 0 Å². The van der Waals surface area contributed by atoms with Crippen LogP contribution in [0.15, 0.2) is 24.3 Å². The Balaban J connectivity index is 2.62. The highest BCUT2D eigenvalue weighted by Gasteiger charge is 2.14. The van der Waals surface area contributed by atoms with Gasteiger partial charge in [0.2, 0.25) is 0 Å². The van der Waals surface area contributed by atoms with Crippen molar-refractivity contribution in [3.63, 3.8) is 0 Å². The first-order chi connectivity index (χ1) is 9.22. The van der Waals surface area contributed by atoms with Crippen molar-refractivity contribution in [2.75, 3.05) is 40.5 Å². The molecule has 0 radical (unpaired) electrons. The van der Waals surface area contributed by atoms with E-state index in [0.29, 0.717) is 13.2 Å². The highest BCUT2D eigenvalue weighted by Crippen LogP contribution is 2.18. The third kappa shape index (κ3) is 5.28. The van der Waals surface area contributed by atoms with Crippen molar-refractivity contribution in [2.24, 2.45) is 5.73 Å². The summed E-state index contributed by atoms with van der Waals surface area (Å²) in [7, 11) is 3.79. The molecule has 19 heavy (non-hydrogen) atoms. The van der Waals surface area contributed by atoms with Crippen LogP contribution in [0.4, 0.5) is 0 Å². The van der Waals surface area contributed by atoms with Gasteiger partial charge in [0.1, 0.15) is 0 Å². The van der Waals surface area contributed by atoms with Gasteiger partial charge in [0.15, 0.2) is 0 Å². The van der Waals surface area contributed by atoms with Gasteiger partial charge in [0, 0.05) is 32.8 Å². The van der Waals surface area contributed by atoms with Gasteiger partial charge in [-0.2, -0.15) is 0 Å². The van der Waals surface area contributed by atoms with E-state index in [0.717, 1.165) is 19.8 Å². The average Bonchev–Trinajstić information content (AvgIpc) is 2.42. The van der Waals surface area contributed by atoms with Gasteiger partial charge in [-0.05, 0) is 25.1 Å². The Morgan fingerprint density at radius 1 is 1.26 bits per heavy atom. The van der Waals surface area contributed by atoms with Crippen LogP contribution in [0.2, 0.25) is 0 Å². The Kier molecular flexibility index (Phi) is 7.67. The number of nitrogens with zero attached hydrogens (tertiary/aromatic N) is 1. The van der Waals surface area contributed by atoms with E-state index in [4.69, 9.17) is 15.2 Å². The predicted octanol–water partition coefficient (Wildman–Crippen LogP) is 1.80. The number of rotatable bonds is 9. The van der Waals surface area contributed by atoms with Crippen LogP contribution in [0.3, 0.4) is 0 Å². The van der Waals surface area contributed by atoms with E-state index in [-0.39, 0.29) is 6.04 Å². The Morgan fingerprint density at radius 2 is 1.95 bits per heavy atom. The normalized spacial score (nSPS) is 12.9. The summed E-state index contributed by atoms with van der Waals surface area (Å²) >= 11 is 0. The molecule has 2 N–H and O–H groups in total. The number of likely N-dealkylation sites (N-methyl/N-ethyl adjacent to an activating group) is 1. The van der Waals surface area contributed by atoms with E-state index < -0.39 is 0 Å². The second-order valence-electron chi connectivity index (χ2n) is 4.60. The number of benzene rings is 1. The van der Waals surface area contributed by atoms with Crippen LogP contribution in [0.5, 0.6) is 0 Å². The maximum absolute atomic E-state index is 5.90. The third-order valence-corrected chi connectivity index (χ3v) is 3.22. The fraction of sp³-hybridized carbons (Fsp3) is 0.600. The van der Waals surface area contributed by atoms with Gasteiger partial charge in [-0.1, -0.05) is 24.3 Å². The molecule has 0 aliphatic carbocycles. The lowest BCUT2D eigenvalue weighted by Gasteiger charge is -2.27. The molecule has 0 heterocycles. The number of ether oxygens (including phenoxy) is 2. The first kappa shape index (κ1) is 16.1. The molecule has 1 aromatic rings. The lowest BCUT2D eigenvalue weighted by atomic mass is 10.0. The van der Waals surface area contributed by atoms with E-state index in [9.17, 15) is 0 Å². The van der Waals surface area contributed by atoms with Gasteiger partial charge >= 0.3 is 0 Å². The molecule has 0 saturated carbocycles. The summed E-state index contributed by atoms with van der Waals surface area (Å²) in [4.78, 5) is 2.24. The molecule has 4 nitrogen and oxygen atoms in total. The molecule has 1 rings (SSSR count). The zero-order valence-electron chi connectivity index (χ0n) is 12.3. The summed E-state index contributed by atoms with van der Waals surface area (Å²) in [6.07, 6.45) is 0. The molecule has 0 aliphatic rings. The Labute approximate surface area is 116 Å². The van der Waals surface area contributed by atoms with Gasteiger partial charge in [0.25, 0.3) is 0 Å². The van der Waals surface area contributed by atoms with Crippen molar-refractivity contribution < 1.29 is 9.47 Å². The van der Waals surface area contributed by atoms with Crippen molar-refractivity contribution in [3.05, 3.63) is 35.4 Å². The molecule has 1 atom stereocenters. The van der Waals surface area contributed by atoms with E-state index in [1.807, 2.05) is 6.92 Å². The van der Waals surface area contributed by atoms with Crippen LogP contribution in [-0.2, 0) is 16.1 Å². The van der Waals surface area contributed by atoms with Gasteiger partial charge in [-0.15, -0.1) is 0 Å². The summed E-state index contributed by atoms with van der Waals surface area (Å²) < 4.78 is 10.5.